The van der Waals surface area contributed by atoms with Crippen LogP contribution in [0.4, 0.5) is 11.4 Å². The van der Waals surface area contributed by atoms with Crippen molar-refractivity contribution in [3.8, 4) is 11.5 Å². The first-order valence-electron chi connectivity index (χ1n) is 9.78. The third-order valence-electron chi connectivity index (χ3n) is 4.31. The molecule has 2 aromatic rings. The number of benzene rings is 2. The number of amidine groups is 1. The van der Waals surface area contributed by atoms with Crippen LogP contribution in [0.1, 0.15) is 20.3 Å². The predicted octanol–water partition coefficient (Wildman–Crippen LogP) is 4.07. The number of ether oxygens (including phenoxy) is 2. The first kappa shape index (κ1) is 21.7. The van der Waals surface area contributed by atoms with Gasteiger partial charge in [0.15, 0.2) is 5.17 Å². The van der Waals surface area contributed by atoms with Crippen molar-refractivity contribution in [3.63, 3.8) is 0 Å². The van der Waals surface area contributed by atoms with E-state index in [1.54, 1.807) is 19.2 Å². The smallest absolute Gasteiger partial charge is 0.242 e. The summed E-state index contributed by atoms with van der Waals surface area (Å²) >= 11 is 1.30. The number of amides is 2. The van der Waals surface area contributed by atoms with Gasteiger partial charge in [0.25, 0.3) is 0 Å². The Morgan fingerprint density at radius 3 is 2.50 bits per heavy atom. The standard InChI is InChI=1S/C22H25N3O4S/c1-4-28-17-11-9-15(10-12-17)24-22-25(3)21(27)19(30-22)14-20(26)23-16-7-6-8-18(13-16)29-5-2/h6-13,19H,4-5,14H2,1-3H3,(H,23,26). The minimum Gasteiger partial charge on any atom is -0.494 e. The number of aliphatic imine (C=N–C) groups is 1. The number of thioether (sulfide) groups is 1. The zero-order chi connectivity index (χ0) is 21.5. The Kier molecular flexibility index (Phi) is 7.35. The second-order valence-corrected chi connectivity index (χ2v) is 7.71. The first-order valence-corrected chi connectivity index (χ1v) is 10.7. The van der Waals surface area contributed by atoms with Crippen molar-refractivity contribution >= 4 is 40.1 Å². The van der Waals surface area contributed by atoms with E-state index in [2.05, 4.69) is 10.3 Å². The lowest BCUT2D eigenvalue weighted by Crippen LogP contribution is -2.30. The summed E-state index contributed by atoms with van der Waals surface area (Å²) in [5.41, 5.74) is 1.36. The molecule has 0 aliphatic carbocycles. The molecule has 7 nitrogen and oxygen atoms in total. The maximum absolute atomic E-state index is 12.6. The lowest BCUT2D eigenvalue weighted by Gasteiger charge is -2.10. The molecule has 0 bridgehead atoms. The molecule has 1 atom stereocenters. The van der Waals surface area contributed by atoms with Gasteiger partial charge in [-0.1, -0.05) is 17.8 Å². The van der Waals surface area contributed by atoms with E-state index in [1.165, 1.54) is 16.7 Å². The van der Waals surface area contributed by atoms with E-state index in [0.29, 0.717) is 29.8 Å². The van der Waals surface area contributed by atoms with Crippen LogP contribution in [-0.2, 0) is 9.59 Å². The number of hydrogen-bond acceptors (Lipinski definition) is 6. The van der Waals surface area contributed by atoms with E-state index in [1.807, 2.05) is 50.2 Å². The lowest BCUT2D eigenvalue weighted by molar-refractivity contribution is -0.127. The summed E-state index contributed by atoms with van der Waals surface area (Å²) in [4.78, 5) is 31.1. The molecule has 1 unspecified atom stereocenters. The zero-order valence-electron chi connectivity index (χ0n) is 17.3. The number of nitrogens with one attached hydrogen (secondary N) is 1. The van der Waals surface area contributed by atoms with Gasteiger partial charge < -0.3 is 14.8 Å². The molecular weight excluding hydrogens is 402 g/mol. The highest BCUT2D eigenvalue weighted by Gasteiger charge is 2.37. The number of nitrogens with zero attached hydrogens (tertiary/aromatic N) is 2. The van der Waals surface area contributed by atoms with Gasteiger partial charge >= 0.3 is 0 Å². The average molecular weight is 428 g/mol. The number of hydrogen-bond donors (Lipinski definition) is 1. The highest BCUT2D eigenvalue weighted by Crippen LogP contribution is 2.31. The van der Waals surface area contributed by atoms with Crippen LogP contribution < -0.4 is 14.8 Å². The van der Waals surface area contributed by atoms with Crippen LogP contribution in [0.5, 0.6) is 11.5 Å². The van der Waals surface area contributed by atoms with Gasteiger partial charge in [-0.15, -0.1) is 0 Å². The summed E-state index contributed by atoms with van der Waals surface area (Å²) in [6.07, 6.45) is 0.0645. The molecule has 158 valence electrons. The van der Waals surface area contributed by atoms with E-state index < -0.39 is 5.25 Å². The van der Waals surface area contributed by atoms with Gasteiger partial charge in [0, 0.05) is 25.2 Å². The SMILES string of the molecule is CCOc1ccc(N=C2SC(CC(=O)Nc3cccc(OCC)c3)C(=O)N2C)cc1. The fourth-order valence-corrected chi connectivity index (χ4v) is 4.06. The van der Waals surface area contributed by atoms with Gasteiger partial charge in [0.05, 0.1) is 18.9 Å². The van der Waals surface area contributed by atoms with E-state index >= 15 is 0 Å². The second kappa shape index (κ2) is 10.2. The third kappa shape index (κ3) is 5.54. The van der Waals surface area contributed by atoms with E-state index in [9.17, 15) is 9.59 Å². The molecule has 1 aliphatic heterocycles. The molecule has 0 saturated carbocycles. The zero-order valence-corrected chi connectivity index (χ0v) is 18.1. The van der Waals surface area contributed by atoms with Crippen LogP contribution >= 0.6 is 11.8 Å². The quantitative estimate of drug-likeness (QED) is 0.687. The third-order valence-corrected chi connectivity index (χ3v) is 5.54. The van der Waals surface area contributed by atoms with Crippen LogP contribution in [-0.4, -0.2) is 47.4 Å². The normalized spacial score (nSPS) is 17.3. The van der Waals surface area contributed by atoms with Crippen molar-refractivity contribution < 1.29 is 19.1 Å². The fourth-order valence-electron chi connectivity index (χ4n) is 2.90. The number of carbonyl (C=O) groups excluding carboxylic acids is 2. The largest absolute Gasteiger partial charge is 0.494 e. The van der Waals surface area contributed by atoms with Gasteiger partial charge in [-0.2, -0.15) is 0 Å². The van der Waals surface area contributed by atoms with Gasteiger partial charge in [-0.25, -0.2) is 4.99 Å². The molecule has 1 N–H and O–H groups in total. The molecule has 3 rings (SSSR count). The Hall–Kier alpha value is -3.00. The molecule has 1 heterocycles. The molecule has 1 fully saturated rings. The summed E-state index contributed by atoms with van der Waals surface area (Å²) in [6.45, 7) is 4.97. The summed E-state index contributed by atoms with van der Waals surface area (Å²) in [7, 11) is 1.67. The molecule has 0 aromatic heterocycles. The number of rotatable bonds is 8. The summed E-state index contributed by atoms with van der Waals surface area (Å²) in [6, 6.07) is 14.5. The van der Waals surface area contributed by atoms with Crippen LogP contribution in [0.2, 0.25) is 0 Å². The van der Waals surface area contributed by atoms with Crippen molar-refractivity contribution in [2.45, 2.75) is 25.5 Å². The van der Waals surface area contributed by atoms with Crippen molar-refractivity contribution in [3.05, 3.63) is 48.5 Å². The van der Waals surface area contributed by atoms with E-state index in [-0.39, 0.29) is 18.2 Å². The Labute approximate surface area is 180 Å². The molecule has 0 radical (unpaired) electrons. The van der Waals surface area contributed by atoms with Crippen LogP contribution in [0.3, 0.4) is 0 Å². The second-order valence-electron chi connectivity index (χ2n) is 6.54. The minimum absolute atomic E-state index is 0.0645. The summed E-state index contributed by atoms with van der Waals surface area (Å²) in [5.74, 6) is 1.09. The molecule has 2 aromatic carbocycles. The summed E-state index contributed by atoms with van der Waals surface area (Å²) < 4.78 is 10.9. The van der Waals surface area contributed by atoms with Crippen molar-refractivity contribution in [1.29, 1.82) is 0 Å². The molecule has 2 amide bonds. The van der Waals surface area contributed by atoms with Gasteiger partial charge in [-0.3, -0.25) is 14.5 Å². The van der Waals surface area contributed by atoms with Crippen molar-refractivity contribution in [2.75, 3.05) is 25.6 Å². The topological polar surface area (TPSA) is 80.2 Å². The molecule has 0 spiro atoms. The maximum atomic E-state index is 12.6. The minimum atomic E-state index is -0.508. The molecular formula is C22H25N3O4S. The van der Waals surface area contributed by atoms with E-state index in [4.69, 9.17) is 9.47 Å². The van der Waals surface area contributed by atoms with Crippen LogP contribution in [0, 0.1) is 0 Å². The number of anilines is 1. The Bertz CT molecular complexity index is 930. The maximum Gasteiger partial charge on any atom is 0.242 e. The fraction of sp³-hybridized carbons (Fsp3) is 0.318. The molecule has 8 heteroatoms. The highest BCUT2D eigenvalue weighted by atomic mass is 32.2. The Balaban J connectivity index is 1.62. The first-order chi connectivity index (χ1) is 14.5. The Morgan fingerprint density at radius 2 is 1.80 bits per heavy atom. The van der Waals surface area contributed by atoms with Crippen LogP contribution in [0.25, 0.3) is 0 Å². The molecule has 1 aliphatic rings. The Morgan fingerprint density at radius 1 is 1.10 bits per heavy atom. The van der Waals surface area contributed by atoms with Gasteiger partial charge in [0.1, 0.15) is 16.7 Å². The molecule has 30 heavy (non-hydrogen) atoms. The molecule has 1 saturated heterocycles. The number of carbonyl (C=O) groups is 2. The average Bonchev–Trinajstić information content (AvgIpc) is 2.98. The summed E-state index contributed by atoms with van der Waals surface area (Å²) in [5, 5.41) is 2.89. The van der Waals surface area contributed by atoms with Gasteiger partial charge in [0.2, 0.25) is 11.8 Å². The van der Waals surface area contributed by atoms with Crippen LogP contribution in [0.15, 0.2) is 53.5 Å². The van der Waals surface area contributed by atoms with E-state index in [0.717, 1.165) is 11.4 Å². The van der Waals surface area contributed by atoms with Gasteiger partial charge in [-0.05, 0) is 50.2 Å². The lowest BCUT2D eigenvalue weighted by atomic mass is 10.2. The van der Waals surface area contributed by atoms with Crippen molar-refractivity contribution in [2.24, 2.45) is 4.99 Å². The highest BCUT2D eigenvalue weighted by molar-refractivity contribution is 8.15. The van der Waals surface area contributed by atoms with Crippen molar-refractivity contribution in [1.82, 2.24) is 4.90 Å². The monoisotopic (exact) mass is 427 g/mol. The predicted molar refractivity (Wildman–Crippen MR) is 120 cm³/mol.